The van der Waals surface area contributed by atoms with Gasteiger partial charge in [0.05, 0.1) is 11.2 Å². The second kappa shape index (κ2) is 5.19. The SMILES string of the molecule is CC1CN2CCCC2CN1CC1C(N)C(C)(C)OC1(C)C. The van der Waals surface area contributed by atoms with Crippen LogP contribution in [0.1, 0.15) is 47.5 Å². The van der Waals surface area contributed by atoms with E-state index >= 15 is 0 Å². The molecule has 0 bridgehead atoms. The first kappa shape index (κ1) is 15.7. The minimum atomic E-state index is -0.216. The third-order valence-corrected chi connectivity index (χ3v) is 6.15. The van der Waals surface area contributed by atoms with Gasteiger partial charge in [-0.2, -0.15) is 0 Å². The number of piperazine rings is 1. The van der Waals surface area contributed by atoms with Crippen molar-refractivity contribution in [1.29, 1.82) is 0 Å². The van der Waals surface area contributed by atoms with Crippen LogP contribution in [0.3, 0.4) is 0 Å². The molecule has 0 spiro atoms. The Balaban J connectivity index is 1.70. The summed E-state index contributed by atoms with van der Waals surface area (Å²) < 4.78 is 6.26. The van der Waals surface area contributed by atoms with Gasteiger partial charge in [-0.05, 0) is 54.0 Å². The zero-order valence-corrected chi connectivity index (χ0v) is 14.4. The molecule has 0 aromatic heterocycles. The van der Waals surface area contributed by atoms with Gasteiger partial charge in [-0.25, -0.2) is 0 Å². The molecule has 3 fully saturated rings. The Hall–Kier alpha value is -0.160. The van der Waals surface area contributed by atoms with E-state index in [0.29, 0.717) is 12.0 Å². The molecule has 4 unspecified atom stereocenters. The van der Waals surface area contributed by atoms with Gasteiger partial charge in [0.1, 0.15) is 0 Å². The van der Waals surface area contributed by atoms with Gasteiger partial charge in [0.25, 0.3) is 0 Å². The highest BCUT2D eigenvalue weighted by Crippen LogP contribution is 2.42. The van der Waals surface area contributed by atoms with Crippen LogP contribution in [0, 0.1) is 5.92 Å². The van der Waals surface area contributed by atoms with Crippen molar-refractivity contribution in [2.75, 3.05) is 26.2 Å². The van der Waals surface area contributed by atoms with Gasteiger partial charge in [-0.15, -0.1) is 0 Å². The molecular weight excluding hydrogens is 262 g/mol. The van der Waals surface area contributed by atoms with Crippen LogP contribution >= 0.6 is 0 Å². The second-order valence-electron chi connectivity index (χ2n) is 8.54. The van der Waals surface area contributed by atoms with Gasteiger partial charge in [0.15, 0.2) is 0 Å². The summed E-state index contributed by atoms with van der Waals surface area (Å²) in [6.07, 6.45) is 2.74. The van der Waals surface area contributed by atoms with Crippen LogP contribution in [0.4, 0.5) is 0 Å². The number of hydrogen-bond donors (Lipinski definition) is 1. The molecule has 4 heteroatoms. The maximum atomic E-state index is 6.54. The average molecular weight is 295 g/mol. The zero-order valence-electron chi connectivity index (χ0n) is 14.4. The predicted octanol–water partition coefficient (Wildman–Crippen LogP) is 1.69. The molecule has 3 heterocycles. The van der Waals surface area contributed by atoms with Crippen LogP contribution in [0.25, 0.3) is 0 Å². The van der Waals surface area contributed by atoms with Crippen molar-refractivity contribution in [3.8, 4) is 0 Å². The van der Waals surface area contributed by atoms with E-state index in [-0.39, 0.29) is 17.2 Å². The number of hydrogen-bond acceptors (Lipinski definition) is 4. The Kier molecular flexibility index (Phi) is 3.89. The monoisotopic (exact) mass is 295 g/mol. The molecule has 3 saturated heterocycles. The lowest BCUT2D eigenvalue weighted by molar-refractivity contribution is -0.0808. The Morgan fingerprint density at radius 2 is 1.86 bits per heavy atom. The molecule has 0 radical (unpaired) electrons. The van der Waals surface area contributed by atoms with Crippen LogP contribution in [0.15, 0.2) is 0 Å². The van der Waals surface area contributed by atoms with Gasteiger partial charge in [-0.3, -0.25) is 9.80 Å². The highest BCUT2D eigenvalue weighted by Gasteiger charge is 2.53. The van der Waals surface area contributed by atoms with Gasteiger partial charge in [0, 0.05) is 43.7 Å². The van der Waals surface area contributed by atoms with Gasteiger partial charge in [0.2, 0.25) is 0 Å². The fourth-order valence-corrected chi connectivity index (χ4v) is 4.83. The quantitative estimate of drug-likeness (QED) is 0.842. The number of nitrogens with two attached hydrogens (primary N) is 1. The molecule has 2 N–H and O–H groups in total. The zero-order chi connectivity index (χ0) is 15.4. The number of rotatable bonds is 2. The van der Waals surface area contributed by atoms with Crippen molar-refractivity contribution in [2.45, 2.75) is 76.8 Å². The van der Waals surface area contributed by atoms with Crippen molar-refractivity contribution >= 4 is 0 Å². The number of nitrogens with zero attached hydrogens (tertiary/aromatic N) is 2. The summed E-state index contributed by atoms with van der Waals surface area (Å²) in [6.45, 7) is 15.9. The number of fused-ring (bicyclic) bond motifs is 1. The lowest BCUT2D eigenvalue weighted by atomic mass is 9.82. The Labute approximate surface area is 130 Å². The first-order valence-corrected chi connectivity index (χ1v) is 8.64. The largest absolute Gasteiger partial charge is 0.368 e. The van der Waals surface area contributed by atoms with Gasteiger partial charge >= 0.3 is 0 Å². The van der Waals surface area contributed by atoms with E-state index in [9.17, 15) is 0 Å². The third kappa shape index (κ3) is 2.76. The van der Waals surface area contributed by atoms with E-state index in [1.807, 2.05) is 0 Å². The molecule has 0 aromatic rings. The first-order valence-electron chi connectivity index (χ1n) is 8.64. The van der Waals surface area contributed by atoms with Crippen LogP contribution in [0.5, 0.6) is 0 Å². The van der Waals surface area contributed by atoms with E-state index in [1.54, 1.807) is 0 Å². The van der Waals surface area contributed by atoms with Crippen molar-refractivity contribution in [3.05, 3.63) is 0 Å². The summed E-state index contributed by atoms with van der Waals surface area (Å²) in [5.41, 5.74) is 6.19. The first-order chi connectivity index (χ1) is 9.71. The minimum Gasteiger partial charge on any atom is -0.368 e. The summed E-state index contributed by atoms with van der Waals surface area (Å²) in [7, 11) is 0. The van der Waals surface area contributed by atoms with Crippen molar-refractivity contribution in [2.24, 2.45) is 11.7 Å². The normalized spacial score (nSPS) is 43.1. The molecule has 3 aliphatic rings. The van der Waals surface area contributed by atoms with Crippen molar-refractivity contribution in [3.63, 3.8) is 0 Å². The third-order valence-electron chi connectivity index (χ3n) is 6.15. The molecule has 0 aromatic carbocycles. The van der Waals surface area contributed by atoms with E-state index in [0.717, 1.165) is 12.6 Å². The molecule has 4 nitrogen and oxygen atoms in total. The molecule has 3 rings (SSSR count). The topological polar surface area (TPSA) is 41.7 Å². The van der Waals surface area contributed by atoms with Crippen LogP contribution in [-0.4, -0.2) is 65.3 Å². The predicted molar refractivity (Wildman–Crippen MR) is 86.3 cm³/mol. The van der Waals surface area contributed by atoms with Crippen molar-refractivity contribution < 1.29 is 4.74 Å². The van der Waals surface area contributed by atoms with E-state index < -0.39 is 0 Å². The minimum absolute atomic E-state index is 0.112. The van der Waals surface area contributed by atoms with E-state index in [4.69, 9.17) is 10.5 Å². The molecule has 0 saturated carbocycles. The molecular formula is C17H33N3O. The molecule has 0 amide bonds. The summed E-state index contributed by atoms with van der Waals surface area (Å²) in [5, 5.41) is 0. The highest BCUT2D eigenvalue weighted by molar-refractivity contribution is 5.05. The smallest absolute Gasteiger partial charge is 0.0788 e. The standard InChI is InChI=1S/C17H33N3O/c1-12-9-19-8-6-7-13(19)10-20(12)11-14-15(18)17(4,5)21-16(14,2)3/h12-15H,6-11,18H2,1-5H3. The van der Waals surface area contributed by atoms with Crippen LogP contribution in [0.2, 0.25) is 0 Å². The maximum Gasteiger partial charge on any atom is 0.0788 e. The Morgan fingerprint density at radius 1 is 1.14 bits per heavy atom. The summed E-state index contributed by atoms with van der Waals surface area (Å²) >= 11 is 0. The summed E-state index contributed by atoms with van der Waals surface area (Å²) in [5.74, 6) is 0.405. The fraction of sp³-hybridized carbons (Fsp3) is 1.00. The van der Waals surface area contributed by atoms with Gasteiger partial charge < -0.3 is 10.5 Å². The molecule has 21 heavy (non-hydrogen) atoms. The molecule has 122 valence electrons. The average Bonchev–Trinajstić information content (AvgIpc) is 2.85. The highest BCUT2D eigenvalue weighted by atomic mass is 16.5. The lowest BCUT2D eigenvalue weighted by Gasteiger charge is -2.44. The maximum absolute atomic E-state index is 6.54. The molecule has 4 atom stereocenters. The Bertz CT molecular complexity index is 395. The van der Waals surface area contributed by atoms with E-state index in [1.165, 1.54) is 32.5 Å². The molecule has 0 aliphatic carbocycles. The fourth-order valence-electron chi connectivity index (χ4n) is 4.83. The van der Waals surface area contributed by atoms with Gasteiger partial charge in [-0.1, -0.05) is 0 Å². The second-order valence-corrected chi connectivity index (χ2v) is 8.54. The van der Waals surface area contributed by atoms with E-state index in [2.05, 4.69) is 44.4 Å². The lowest BCUT2D eigenvalue weighted by Crippen LogP contribution is -2.58. The van der Waals surface area contributed by atoms with Crippen LogP contribution < -0.4 is 5.73 Å². The van der Waals surface area contributed by atoms with Crippen molar-refractivity contribution in [1.82, 2.24) is 9.80 Å². The van der Waals surface area contributed by atoms with Crippen LogP contribution in [-0.2, 0) is 4.74 Å². The molecule has 3 aliphatic heterocycles. The Morgan fingerprint density at radius 3 is 2.48 bits per heavy atom. The summed E-state index contributed by atoms with van der Waals surface area (Å²) in [6, 6.07) is 1.52. The number of ether oxygens (including phenoxy) is 1. The summed E-state index contributed by atoms with van der Waals surface area (Å²) in [4.78, 5) is 5.35.